The number of carbonyl (C=O) groups is 1. The number of halogens is 1. The minimum atomic E-state index is -0.961. The maximum atomic E-state index is 10.7. The van der Waals surface area contributed by atoms with E-state index in [0.717, 1.165) is 5.69 Å². The summed E-state index contributed by atoms with van der Waals surface area (Å²) in [5.74, 6) is -0.361. The summed E-state index contributed by atoms with van der Waals surface area (Å²) in [5.41, 5.74) is 2.81. The standard InChI is InChI=1S/C11H8BrNO3S/c12-9-3-7(11(14)15)1-2-10(9)16-4-8-5-17-6-13-8/h1-3,5-6H,4H2,(H,14,15). The molecule has 17 heavy (non-hydrogen) atoms. The summed E-state index contributed by atoms with van der Waals surface area (Å²) < 4.78 is 6.14. The number of ether oxygens (including phenoxy) is 1. The molecule has 0 radical (unpaired) electrons. The van der Waals surface area contributed by atoms with E-state index in [1.807, 2.05) is 5.38 Å². The third-order valence-electron chi connectivity index (χ3n) is 2.04. The summed E-state index contributed by atoms with van der Waals surface area (Å²) in [4.78, 5) is 14.8. The second-order valence-electron chi connectivity index (χ2n) is 3.22. The number of carboxylic acid groups (broad SMARTS) is 1. The van der Waals surface area contributed by atoms with Crippen molar-refractivity contribution in [2.24, 2.45) is 0 Å². The van der Waals surface area contributed by atoms with Crippen LogP contribution in [0.15, 0.2) is 33.6 Å². The molecule has 1 aromatic heterocycles. The van der Waals surface area contributed by atoms with Crippen molar-refractivity contribution in [2.75, 3.05) is 0 Å². The molecule has 0 fully saturated rings. The van der Waals surface area contributed by atoms with Crippen molar-refractivity contribution >= 4 is 33.2 Å². The van der Waals surface area contributed by atoms with Gasteiger partial charge in [0.15, 0.2) is 0 Å². The third kappa shape index (κ3) is 3.04. The molecule has 0 saturated heterocycles. The van der Waals surface area contributed by atoms with Gasteiger partial charge in [-0.2, -0.15) is 0 Å². The summed E-state index contributed by atoms with van der Waals surface area (Å²) in [7, 11) is 0. The molecule has 0 atom stereocenters. The number of aromatic nitrogens is 1. The van der Waals surface area contributed by atoms with Crippen LogP contribution >= 0.6 is 27.3 Å². The average Bonchev–Trinajstić information content (AvgIpc) is 2.80. The highest BCUT2D eigenvalue weighted by Crippen LogP contribution is 2.26. The van der Waals surface area contributed by atoms with Gasteiger partial charge in [0, 0.05) is 5.38 Å². The zero-order chi connectivity index (χ0) is 12.3. The van der Waals surface area contributed by atoms with Crippen LogP contribution in [0.4, 0.5) is 0 Å². The largest absolute Gasteiger partial charge is 0.486 e. The Bertz CT molecular complexity index is 528. The van der Waals surface area contributed by atoms with Gasteiger partial charge in [-0.3, -0.25) is 0 Å². The van der Waals surface area contributed by atoms with Crippen molar-refractivity contribution in [3.63, 3.8) is 0 Å². The predicted molar refractivity (Wildman–Crippen MR) is 67.5 cm³/mol. The number of benzene rings is 1. The van der Waals surface area contributed by atoms with Gasteiger partial charge in [-0.25, -0.2) is 9.78 Å². The number of hydrogen-bond donors (Lipinski definition) is 1. The van der Waals surface area contributed by atoms with Crippen molar-refractivity contribution < 1.29 is 14.6 Å². The normalized spacial score (nSPS) is 10.2. The lowest BCUT2D eigenvalue weighted by molar-refractivity contribution is 0.0696. The number of rotatable bonds is 4. The number of aromatic carboxylic acids is 1. The van der Waals surface area contributed by atoms with E-state index >= 15 is 0 Å². The zero-order valence-electron chi connectivity index (χ0n) is 8.59. The Morgan fingerprint density at radius 1 is 1.53 bits per heavy atom. The highest BCUT2D eigenvalue weighted by atomic mass is 79.9. The van der Waals surface area contributed by atoms with Crippen LogP contribution in [0, 0.1) is 0 Å². The molecule has 0 amide bonds. The van der Waals surface area contributed by atoms with Crippen LogP contribution in [0.1, 0.15) is 16.1 Å². The zero-order valence-corrected chi connectivity index (χ0v) is 11.0. The van der Waals surface area contributed by atoms with Gasteiger partial charge in [0.25, 0.3) is 0 Å². The fourth-order valence-corrected chi connectivity index (χ4v) is 2.25. The molecule has 6 heteroatoms. The molecular weight excluding hydrogens is 306 g/mol. The van der Waals surface area contributed by atoms with E-state index in [1.54, 1.807) is 11.6 Å². The second kappa shape index (κ2) is 5.29. The maximum Gasteiger partial charge on any atom is 0.335 e. The highest BCUT2D eigenvalue weighted by Gasteiger charge is 2.07. The van der Waals surface area contributed by atoms with Crippen LogP contribution in [-0.2, 0) is 6.61 Å². The quantitative estimate of drug-likeness (QED) is 0.941. The number of carboxylic acids is 1. The first kappa shape index (κ1) is 12.1. The van der Waals surface area contributed by atoms with Crippen LogP contribution in [0.2, 0.25) is 0 Å². The Hall–Kier alpha value is -1.40. The van der Waals surface area contributed by atoms with E-state index < -0.39 is 5.97 Å². The molecule has 4 nitrogen and oxygen atoms in total. The molecule has 0 aliphatic carbocycles. The van der Waals surface area contributed by atoms with E-state index in [0.29, 0.717) is 16.8 Å². The van der Waals surface area contributed by atoms with E-state index in [9.17, 15) is 4.79 Å². The molecule has 2 aromatic rings. The Morgan fingerprint density at radius 2 is 2.35 bits per heavy atom. The molecular formula is C11H8BrNO3S. The van der Waals surface area contributed by atoms with Crippen LogP contribution in [0.25, 0.3) is 0 Å². The van der Waals surface area contributed by atoms with E-state index in [2.05, 4.69) is 20.9 Å². The van der Waals surface area contributed by atoms with Crippen molar-refractivity contribution in [3.8, 4) is 5.75 Å². The minimum Gasteiger partial charge on any atom is -0.486 e. The van der Waals surface area contributed by atoms with Crippen molar-refractivity contribution in [3.05, 3.63) is 44.8 Å². The van der Waals surface area contributed by atoms with E-state index in [4.69, 9.17) is 9.84 Å². The Morgan fingerprint density at radius 3 is 2.94 bits per heavy atom. The third-order valence-corrected chi connectivity index (χ3v) is 3.29. The predicted octanol–water partition coefficient (Wildman–Crippen LogP) is 3.18. The lowest BCUT2D eigenvalue weighted by Crippen LogP contribution is -1.99. The molecule has 0 unspecified atom stereocenters. The van der Waals surface area contributed by atoms with Gasteiger partial charge >= 0.3 is 5.97 Å². The van der Waals surface area contributed by atoms with Gasteiger partial charge in [0.2, 0.25) is 0 Å². The van der Waals surface area contributed by atoms with Crippen LogP contribution in [0.3, 0.4) is 0 Å². The molecule has 2 rings (SSSR count). The van der Waals surface area contributed by atoms with Crippen LogP contribution in [0.5, 0.6) is 5.75 Å². The number of thiazole rings is 1. The van der Waals surface area contributed by atoms with Crippen molar-refractivity contribution in [1.29, 1.82) is 0 Å². The molecule has 0 spiro atoms. The van der Waals surface area contributed by atoms with Gasteiger partial charge in [0.1, 0.15) is 12.4 Å². The summed E-state index contributed by atoms with van der Waals surface area (Å²) >= 11 is 4.78. The topological polar surface area (TPSA) is 59.4 Å². The molecule has 1 aromatic carbocycles. The minimum absolute atomic E-state index is 0.220. The van der Waals surface area contributed by atoms with E-state index in [-0.39, 0.29) is 5.56 Å². The SMILES string of the molecule is O=C(O)c1ccc(OCc2cscn2)c(Br)c1. The van der Waals surface area contributed by atoms with Crippen molar-refractivity contribution in [1.82, 2.24) is 4.98 Å². The monoisotopic (exact) mass is 313 g/mol. The first-order valence-corrected chi connectivity index (χ1v) is 6.43. The first-order chi connectivity index (χ1) is 8.16. The summed E-state index contributed by atoms with van der Waals surface area (Å²) in [6.07, 6.45) is 0. The Balaban J connectivity index is 2.09. The second-order valence-corrected chi connectivity index (χ2v) is 4.79. The van der Waals surface area contributed by atoms with Crippen LogP contribution < -0.4 is 4.74 Å². The lowest BCUT2D eigenvalue weighted by Gasteiger charge is -2.07. The smallest absolute Gasteiger partial charge is 0.335 e. The van der Waals surface area contributed by atoms with Gasteiger partial charge in [-0.15, -0.1) is 11.3 Å². The van der Waals surface area contributed by atoms with E-state index in [1.165, 1.54) is 23.5 Å². The average molecular weight is 314 g/mol. The fraction of sp³-hybridized carbons (Fsp3) is 0.0909. The lowest BCUT2D eigenvalue weighted by atomic mass is 10.2. The maximum absolute atomic E-state index is 10.7. The fourth-order valence-electron chi connectivity index (χ4n) is 1.21. The molecule has 1 heterocycles. The molecule has 0 aliphatic heterocycles. The Kier molecular flexibility index (Phi) is 3.75. The van der Waals surface area contributed by atoms with Gasteiger partial charge in [0.05, 0.1) is 21.2 Å². The molecule has 0 aliphatic rings. The summed E-state index contributed by atoms with van der Waals surface area (Å²) in [5, 5.41) is 10.7. The first-order valence-electron chi connectivity index (χ1n) is 4.69. The van der Waals surface area contributed by atoms with Crippen molar-refractivity contribution in [2.45, 2.75) is 6.61 Å². The van der Waals surface area contributed by atoms with Gasteiger partial charge in [-0.1, -0.05) is 0 Å². The van der Waals surface area contributed by atoms with Crippen LogP contribution in [-0.4, -0.2) is 16.1 Å². The Labute approximate surface area is 110 Å². The van der Waals surface area contributed by atoms with Gasteiger partial charge < -0.3 is 9.84 Å². The number of nitrogens with zero attached hydrogens (tertiary/aromatic N) is 1. The van der Waals surface area contributed by atoms with Gasteiger partial charge in [-0.05, 0) is 34.1 Å². The summed E-state index contributed by atoms with van der Waals surface area (Å²) in [6, 6.07) is 4.64. The molecule has 0 bridgehead atoms. The number of hydrogen-bond acceptors (Lipinski definition) is 4. The molecule has 0 saturated carbocycles. The molecule has 88 valence electrons. The molecule has 1 N–H and O–H groups in total. The highest BCUT2D eigenvalue weighted by molar-refractivity contribution is 9.10. The summed E-state index contributed by atoms with van der Waals surface area (Å²) in [6.45, 7) is 0.370.